The molecule has 29 heavy (non-hydrogen) atoms. The first-order valence-corrected chi connectivity index (χ1v) is 13.8. The third-order valence-electron chi connectivity index (χ3n) is 5.50. The predicted molar refractivity (Wildman–Crippen MR) is 115 cm³/mol. The van der Waals surface area contributed by atoms with Gasteiger partial charge in [-0.25, -0.2) is 0 Å². The third kappa shape index (κ3) is 5.62. The number of imide groups is 1. The molecule has 1 aliphatic heterocycles. The van der Waals surface area contributed by atoms with Crippen molar-refractivity contribution in [2.24, 2.45) is 5.92 Å². The van der Waals surface area contributed by atoms with E-state index < -0.39 is 20.3 Å². The molecule has 2 atom stereocenters. The second-order valence-corrected chi connectivity index (χ2v) is 14.5. The summed E-state index contributed by atoms with van der Waals surface area (Å²) in [7, 11) is 1.72. The van der Waals surface area contributed by atoms with E-state index in [9.17, 15) is 14.4 Å². The number of ketones is 1. The molecule has 1 aromatic carbocycles. The molecule has 0 spiro atoms. The van der Waals surface area contributed by atoms with Gasteiger partial charge in [-0.3, -0.25) is 19.3 Å². The predicted octanol–water partition coefficient (Wildman–Crippen LogP) is 3.98. The average molecular weight is 420 g/mol. The van der Waals surface area contributed by atoms with E-state index in [0.29, 0.717) is 24.0 Å². The smallest absolute Gasteiger partial charge is 0.261 e. The summed E-state index contributed by atoms with van der Waals surface area (Å²) < 4.78 is 10.7. The fourth-order valence-corrected chi connectivity index (χ4v) is 5.21. The number of benzene rings is 1. The lowest BCUT2D eigenvalue weighted by atomic mass is 9.92. The van der Waals surface area contributed by atoms with E-state index in [4.69, 9.17) is 9.47 Å². The molecule has 0 aliphatic carbocycles. The van der Waals surface area contributed by atoms with Crippen molar-refractivity contribution in [3.05, 3.63) is 35.4 Å². The third-order valence-corrected chi connectivity index (χ3v) is 7.35. The average Bonchev–Trinajstić information content (AvgIpc) is 2.90. The summed E-state index contributed by atoms with van der Waals surface area (Å²) in [4.78, 5) is 39.8. The lowest BCUT2D eigenvalue weighted by molar-refractivity contribution is -0.157. The first-order chi connectivity index (χ1) is 13.6. The second-order valence-electron chi connectivity index (χ2n) is 8.93. The topological polar surface area (TPSA) is 72.9 Å². The van der Waals surface area contributed by atoms with E-state index in [1.807, 2.05) is 0 Å². The number of carbonyl (C=O) groups is 3. The van der Waals surface area contributed by atoms with E-state index in [2.05, 4.69) is 19.6 Å². The number of nitrogens with zero attached hydrogens (tertiary/aromatic N) is 1. The highest BCUT2D eigenvalue weighted by molar-refractivity contribution is 6.76. The van der Waals surface area contributed by atoms with Crippen molar-refractivity contribution in [3.8, 4) is 0 Å². The van der Waals surface area contributed by atoms with Crippen molar-refractivity contribution in [2.45, 2.75) is 64.2 Å². The summed E-state index contributed by atoms with van der Waals surface area (Å²) in [6.07, 6.45) is 1.20. The van der Waals surface area contributed by atoms with Crippen molar-refractivity contribution in [1.29, 1.82) is 0 Å². The van der Waals surface area contributed by atoms with Gasteiger partial charge < -0.3 is 9.47 Å². The molecule has 0 saturated carbocycles. The summed E-state index contributed by atoms with van der Waals surface area (Å²) in [5, 5.41) is 0. The minimum atomic E-state index is -1.26. The van der Waals surface area contributed by atoms with Crippen molar-refractivity contribution in [3.63, 3.8) is 0 Å². The van der Waals surface area contributed by atoms with E-state index in [1.165, 1.54) is 26.0 Å². The first-order valence-electron chi connectivity index (χ1n) is 10.1. The van der Waals surface area contributed by atoms with Crippen LogP contribution in [0, 0.1) is 5.92 Å². The first kappa shape index (κ1) is 23.4. The number of rotatable bonds is 11. The largest absolute Gasteiger partial charge is 0.355 e. The van der Waals surface area contributed by atoms with Gasteiger partial charge in [0.15, 0.2) is 6.29 Å². The molecule has 1 aromatic rings. The number of ether oxygens (including phenoxy) is 2. The van der Waals surface area contributed by atoms with Crippen molar-refractivity contribution >= 4 is 25.7 Å². The van der Waals surface area contributed by atoms with Gasteiger partial charge >= 0.3 is 0 Å². The number of fused-ring (bicyclic) bond motifs is 1. The van der Waals surface area contributed by atoms with Gasteiger partial charge in [-0.1, -0.05) is 44.2 Å². The number of carbonyl (C=O) groups excluding carboxylic acids is 3. The molecule has 1 heterocycles. The maximum absolute atomic E-state index is 13.0. The van der Waals surface area contributed by atoms with Crippen molar-refractivity contribution in [1.82, 2.24) is 4.90 Å². The molecule has 2 unspecified atom stereocenters. The van der Waals surface area contributed by atoms with Gasteiger partial charge in [0.25, 0.3) is 11.8 Å². The molecule has 0 saturated heterocycles. The zero-order chi connectivity index (χ0) is 21.8. The molecule has 7 heteroatoms. The maximum atomic E-state index is 13.0. The fraction of sp³-hybridized carbons (Fsp3) is 0.591. The Hall–Kier alpha value is -1.83. The number of hydrogen-bond acceptors (Lipinski definition) is 5. The van der Waals surface area contributed by atoms with Crippen LogP contribution in [0.25, 0.3) is 0 Å². The summed E-state index contributed by atoms with van der Waals surface area (Å²) in [6, 6.07) is 7.61. The highest BCUT2D eigenvalue weighted by Gasteiger charge is 2.41. The fourth-order valence-electron chi connectivity index (χ4n) is 3.95. The Morgan fingerprint density at radius 3 is 1.97 bits per heavy atom. The highest BCUT2D eigenvalue weighted by atomic mass is 28.3. The summed E-state index contributed by atoms with van der Waals surface area (Å²) in [6.45, 7) is 8.40. The Kier molecular flexibility index (Phi) is 7.91. The number of amides is 2. The summed E-state index contributed by atoms with van der Waals surface area (Å²) in [5.41, 5.74) is 0.865. The minimum absolute atomic E-state index is 0.0782. The van der Waals surface area contributed by atoms with Gasteiger partial charge in [0.1, 0.15) is 5.78 Å². The van der Waals surface area contributed by atoms with Gasteiger partial charge in [-0.05, 0) is 31.9 Å². The van der Waals surface area contributed by atoms with E-state index in [0.717, 1.165) is 12.5 Å². The number of hydrogen-bond donors (Lipinski definition) is 0. The van der Waals surface area contributed by atoms with Crippen LogP contribution >= 0.6 is 0 Å². The normalized spacial score (nSPS) is 16.3. The molecule has 160 valence electrons. The Bertz CT molecular complexity index is 719. The van der Waals surface area contributed by atoms with Gasteiger partial charge in [0, 0.05) is 28.3 Å². The molecule has 0 aromatic heterocycles. The number of Topliss-reactive ketones (excluding diaryl/α,β-unsaturated/α-hetero) is 1. The molecule has 0 bridgehead atoms. The Morgan fingerprint density at radius 1 is 1.03 bits per heavy atom. The molecule has 2 amide bonds. The van der Waals surface area contributed by atoms with E-state index in [1.54, 1.807) is 24.3 Å². The van der Waals surface area contributed by atoms with Crippen LogP contribution < -0.4 is 0 Å². The Labute approximate surface area is 174 Å². The summed E-state index contributed by atoms with van der Waals surface area (Å²) >= 11 is 0. The lowest BCUT2D eigenvalue weighted by Crippen LogP contribution is -2.44. The second kappa shape index (κ2) is 9.78. The van der Waals surface area contributed by atoms with E-state index >= 15 is 0 Å². The van der Waals surface area contributed by atoms with Crippen LogP contribution in [0.1, 0.15) is 46.9 Å². The van der Waals surface area contributed by atoms with Gasteiger partial charge in [-0.15, -0.1) is 0 Å². The van der Waals surface area contributed by atoms with Crippen LogP contribution in [0.2, 0.25) is 25.7 Å². The number of methoxy groups -OCH3 is 2. The molecule has 0 N–H and O–H groups in total. The SMILES string of the molecule is COC(OC)C(CC(CCC[Si](C)(C)C)N1C(=O)c2ccccc2C1=O)C(C)=O. The van der Waals surface area contributed by atoms with Crippen molar-refractivity contribution < 1.29 is 23.9 Å². The van der Waals surface area contributed by atoms with Crippen LogP contribution in [-0.2, 0) is 14.3 Å². The minimum Gasteiger partial charge on any atom is -0.355 e. The highest BCUT2D eigenvalue weighted by Crippen LogP contribution is 2.31. The molecule has 2 rings (SSSR count). The van der Waals surface area contributed by atoms with Crippen LogP contribution in [-0.4, -0.2) is 57.1 Å². The Morgan fingerprint density at radius 2 is 1.55 bits per heavy atom. The van der Waals surface area contributed by atoms with Crippen LogP contribution in [0.4, 0.5) is 0 Å². The van der Waals surface area contributed by atoms with Crippen LogP contribution in [0.15, 0.2) is 24.3 Å². The molecule has 1 aliphatic rings. The zero-order valence-corrected chi connectivity index (χ0v) is 19.4. The lowest BCUT2D eigenvalue weighted by Gasteiger charge is -2.32. The van der Waals surface area contributed by atoms with Gasteiger partial charge in [0.2, 0.25) is 0 Å². The zero-order valence-electron chi connectivity index (χ0n) is 18.4. The van der Waals surface area contributed by atoms with Gasteiger partial charge in [-0.2, -0.15) is 0 Å². The molecular weight excluding hydrogens is 386 g/mol. The standard InChI is InChI=1S/C22H33NO5Si/c1-15(24)19(22(27-2)28-3)14-16(10-9-13-29(4,5)6)23-20(25)17-11-7-8-12-18(17)21(23)26/h7-8,11-12,16,19,22H,9-10,13-14H2,1-6H3. The summed E-state index contributed by atoms with van der Waals surface area (Å²) in [5.74, 6) is -1.19. The monoisotopic (exact) mass is 419 g/mol. The maximum Gasteiger partial charge on any atom is 0.261 e. The van der Waals surface area contributed by atoms with Crippen LogP contribution in [0.5, 0.6) is 0 Å². The molecular formula is C22H33NO5Si. The Balaban J connectivity index is 2.31. The van der Waals surface area contributed by atoms with Gasteiger partial charge in [0.05, 0.1) is 17.0 Å². The van der Waals surface area contributed by atoms with E-state index in [-0.39, 0.29) is 23.6 Å². The van der Waals surface area contributed by atoms with Crippen molar-refractivity contribution in [2.75, 3.05) is 14.2 Å². The quantitative estimate of drug-likeness (QED) is 0.308. The molecule has 0 fully saturated rings. The molecule has 0 radical (unpaired) electrons. The van der Waals surface area contributed by atoms with Crippen LogP contribution in [0.3, 0.4) is 0 Å². The molecule has 6 nitrogen and oxygen atoms in total.